The normalized spacial score (nSPS) is 17.5. The van der Waals surface area contributed by atoms with E-state index in [1.54, 1.807) is 23.1 Å². The van der Waals surface area contributed by atoms with E-state index in [1.165, 1.54) is 4.90 Å². The van der Waals surface area contributed by atoms with Gasteiger partial charge in [0.25, 0.3) is 0 Å². The lowest BCUT2D eigenvalue weighted by Crippen LogP contribution is -2.46. The molecule has 3 amide bonds. The third-order valence-corrected chi connectivity index (χ3v) is 4.37. The number of urea groups is 1. The van der Waals surface area contributed by atoms with E-state index in [4.69, 9.17) is 17.3 Å². The minimum Gasteiger partial charge on any atom is -0.351 e. The zero-order chi connectivity index (χ0) is 17.1. The number of hydrogen-bond donors (Lipinski definition) is 2. The Morgan fingerprint density at radius 3 is 2.88 bits per heavy atom. The number of aromatic nitrogens is 2. The van der Waals surface area contributed by atoms with Gasteiger partial charge in [-0.2, -0.15) is 5.10 Å². The number of para-hydroxylation sites is 1. The van der Waals surface area contributed by atoms with Crippen LogP contribution in [0.2, 0.25) is 5.02 Å². The van der Waals surface area contributed by atoms with Crippen molar-refractivity contribution in [2.24, 2.45) is 11.7 Å². The molecule has 0 spiro atoms. The van der Waals surface area contributed by atoms with Crippen LogP contribution >= 0.6 is 11.6 Å². The van der Waals surface area contributed by atoms with E-state index < -0.39 is 6.03 Å². The fourth-order valence-corrected chi connectivity index (χ4v) is 3.01. The monoisotopic (exact) mass is 347 g/mol. The van der Waals surface area contributed by atoms with Crippen LogP contribution in [0.15, 0.2) is 36.7 Å². The lowest BCUT2D eigenvalue weighted by atomic mass is 9.97. The highest BCUT2D eigenvalue weighted by molar-refractivity contribution is 6.32. The molecule has 1 unspecified atom stereocenters. The van der Waals surface area contributed by atoms with Crippen molar-refractivity contribution in [1.29, 1.82) is 0 Å². The Morgan fingerprint density at radius 2 is 2.12 bits per heavy atom. The van der Waals surface area contributed by atoms with Gasteiger partial charge in [-0.1, -0.05) is 23.7 Å². The first kappa shape index (κ1) is 16.3. The molecule has 0 bridgehead atoms. The molecule has 2 aromatic rings. The number of nitrogens with two attached hydrogens (primary N) is 1. The molecule has 1 saturated heterocycles. The van der Waals surface area contributed by atoms with Crippen molar-refractivity contribution < 1.29 is 9.59 Å². The Hall–Kier alpha value is -2.54. The fraction of sp³-hybridized carbons (Fsp3) is 0.312. The number of halogens is 1. The second kappa shape index (κ2) is 6.92. The van der Waals surface area contributed by atoms with Gasteiger partial charge in [0.05, 0.1) is 34.7 Å². The van der Waals surface area contributed by atoms with Crippen molar-refractivity contribution in [2.45, 2.75) is 12.8 Å². The lowest BCUT2D eigenvalue weighted by molar-refractivity contribution is -0.121. The smallest absolute Gasteiger partial charge is 0.314 e. The highest BCUT2D eigenvalue weighted by atomic mass is 35.5. The Bertz CT molecular complexity index is 760. The van der Waals surface area contributed by atoms with E-state index in [9.17, 15) is 9.59 Å². The number of carbonyl (C=O) groups is 2. The van der Waals surface area contributed by atoms with Crippen molar-refractivity contribution in [3.63, 3.8) is 0 Å². The Morgan fingerprint density at radius 1 is 1.33 bits per heavy atom. The summed E-state index contributed by atoms with van der Waals surface area (Å²) in [4.78, 5) is 25.2. The van der Waals surface area contributed by atoms with Gasteiger partial charge in [0.15, 0.2) is 0 Å². The van der Waals surface area contributed by atoms with Crippen LogP contribution in [0.3, 0.4) is 0 Å². The number of nitrogens with one attached hydrogen (secondary N) is 1. The van der Waals surface area contributed by atoms with Gasteiger partial charge in [0.1, 0.15) is 0 Å². The average Bonchev–Trinajstić information content (AvgIpc) is 3.03. The molecule has 0 radical (unpaired) electrons. The number of hydrogen-bond acceptors (Lipinski definition) is 3. The molecule has 0 aliphatic carbocycles. The van der Waals surface area contributed by atoms with Gasteiger partial charge < -0.3 is 16.0 Å². The van der Waals surface area contributed by atoms with Crippen LogP contribution < -0.4 is 11.1 Å². The van der Waals surface area contributed by atoms with Crippen LogP contribution in [-0.4, -0.2) is 39.7 Å². The van der Waals surface area contributed by atoms with Gasteiger partial charge >= 0.3 is 6.03 Å². The van der Waals surface area contributed by atoms with E-state index in [0.717, 1.165) is 18.5 Å². The van der Waals surface area contributed by atoms with Crippen molar-refractivity contribution in [2.75, 3.05) is 18.4 Å². The molecule has 1 aliphatic rings. The van der Waals surface area contributed by atoms with Crippen LogP contribution in [0.25, 0.3) is 5.69 Å². The molecule has 0 saturated carbocycles. The number of rotatable bonds is 3. The summed E-state index contributed by atoms with van der Waals surface area (Å²) in [7, 11) is 0. The maximum absolute atomic E-state index is 12.4. The summed E-state index contributed by atoms with van der Waals surface area (Å²) in [5, 5.41) is 7.63. The minimum absolute atomic E-state index is 0.139. The van der Waals surface area contributed by atoms with E-state index in [1.807, 2.05) is 18.2 Å². The molecule has 8 heteroatoms. The van der Waals surface area contributed by atoms with Crippen LogP contribution in [0.5, 0.6) is 0 Å². The quantitative estimate of drug-likeness (QED) is 0.891. The van der Waals surface area contributed by atoms with Crippen LogP contribution in [-0.2, 0) is 4.79 Å². The standard InChI is InChI=1S/C16H18ClN5O2/c17-13-5-1-2-6-14(13)22-10-12(8-19-22)20-15(23)11-4-3-7-21(9-11)16(18)24/h1-2,5-6,8,10-11H,3-4,7,9H2,(H2,18,24)(H,20,23). The summed E-state index contributed by atoms with van der Waals surface area (Å²) in [6.45, 7) is 0.948. The predicted molar refractivity (Wildman–Crippen MR) is 91.1 cm³/mol. The van der Waals surface area contributed by atoms with Crippen LogP contribution in [0, 0.1) is 5.92 Å². The second-order valence-electron chi connectivity index (χ2n) is 5.74. The summed E-state index contributed by atoms with van der Waals surface area (Å²) < 4.78 is 1.61. The second-order valence-corrected chi connectivity index (χ2v) is 6.14. The molecular weight excluding hydrogens is 330 g/mol. The topological polar surface area (TPSA) is 93.2 Å². The van der Waals surface area contributed by atoms with Crippen LogP contribution in [0.1, 0.15) is 12.8 Å². The van der Waals surface area contributed by atoms with Crippen molar-refractivity contribution in [3.8, 4) is 5.69 Å². The fourth-order valence-electron chi connectivity index (χ4n) is 2.79. The Labute approximate surface area is 144 Å². The lowest BCUT2D eigenvalue weighted by Gasteiger charge is -2.30. The molecule has 2 heterocycles. The molecule has 3 rings (SSSR count). The summed E-state index contributed by atoms with van der Waals surface area (Å²) in [5.41, 5.74) is 6.61. The largest absolute Gasteiger partial charge is 0.351 e. The minimum atomic E-state index is -0.487. The summed E-state index contributed by atoms with van der Waals surface area (Å²) in [6, 6.07) is 6.83. The molecule has 1 aliphatic heterocycles. The van der Waals surface area contributed by atoms with Gasteiger partial charge in [0, 0.05) is 13.1 Å². The number of benzene rings is 1. The van der Waals surface area contributed by atoms with Gasteiger partial charge in [0.2, 0.25) is 5.91 Å². The number of nitrogens with zero attached hydrogens (tertiary/aromatic N) is 3. The number of piperidine rings is 1. The van der Waals surface area contributed by atoms with E-state index in [0.29, 0.717) is 23.8 Å². The van der Waals surface area contributed by atoms with Gasteiger partial charge in [-0.05, 0) is 25.0 Å². The third kappa shape index (κ3) is 3.51. The third-order valence-electron chi connectivity index (χ3n) is 4.05. The number of likely N-dealkylation sites (tertiary alicyclic amines) is 1. The SMILES string of the molecule is NC(=O)N1CCCC(C(=O)Nc2cnn(-c3ccccc3Cl)c2)C1. The highest BCUT2D eigenvalue weighted by Crippen LogP contribution is 2.22. The van der Waals surface area contributed by atoms with Crippen molar-refractivity contribution in [1.82, 2.24) is 14.7 Å². The number of amides is 3. The molecule has 1 aromatic carbocycles. The Kier molecular flexibility index (Phi) is 4.71. The molecule has 24 heavy (non-hydrogen) atoms. The maximum Gasteiger partial charge on any atom is 0.314 e. The molecule has 1 atom stereocenters. The van der Waals surface area contributed by atoms with E-state index >= 15 is 0 Å². The maximum atomic E-state index is 12.4. The van der Waals surface area contributed by atoms with Gasteiger partial charge in [-0.25, -0.2) is 9.48 Å². The molecule has 7 nitrogen and oxygen atoms in total. The highest BCUT2D eigenvalue weighted by Gasteiger charge is 2.27. The molecular formula is C16H18ClN5O2. The van der Waals surface area contributed by atoms with Gasteiger partial charge in [-0.15, -0.1) is 0 Å². The predicted octanol–water partition coefficient (Wildman–Crippen LogP) is 2.25. The number of carbonyl (C=O) groups excluding carboxylic acids is 2. The first-order valence-electron chi connectivity index (χ1n) is 7.69. The Balaban J connectivity index is 1.67. The molecule has 126 valence electrons. The zero-order valence-corrected chi connectivity index (χ0v) is 13.7. The number of primary amides is 1. The average molecular weight is 348 g/mol. The van der Waals surface area contributed by atoms with Gasteiger partial charge in [-0.3, -0.25) is 4.79 Å². The molecule has 1 fully saturated rings. The van der Waals surface area contributed by atoms with E-state index in [2.05, 4.69) is 10.4 Å². The summed E-state index contributed by atoms with van der Waals surface area (Å²) >= 11 is 6.14. The summed E-state index contributed by atoms with van der Waals surface area (Å²) in [6.07, 6.45) is 4.76. The van der Waals surface area contributed by atoms with Crippen molar-refractivity contribution in [3.05, 3.63) is 41.7 Å². The van der Waals surface area contributed by atoms with E-state index in [-0.39, 0.29) is 11.8 Å². The first-order chi connectivity index (χ1) is 11.5. The first-order valence-corrected chi connectivity index (χ1v) is 8.07. The van der Waals surface area contributed by atoms with Crippen LogP contribution in [0.4, 0.5) is 10.5 Å². The molecule has 3 N–H and O–H groups in total. The zero-order valence-electron chi connectivity index (χ0n) is 13.0. The van der Waals surface area contributed by atoms with Crippen molar-refractivity contribution >= 4 is 29.2 Å². The molecule has 1 aromatic heterocycles. The number of anilines is 1. The summed E-state index contributed by atoms with van der Waals surface area (Å²) in [5.74, 6) is -0.408.